The van der Waals surface area contributed by atoms with E-state index in [0.717, 1.165) is 0 Å². The highest BCUT2D eigenvalue weighted by Crippen LogP contribution is 2.23. The maximum atomic E-state index is 11.1. The Labute approximate surface area is 95.1 Å². The summed E-state index contributed by atoms with van der Waals surface area (Å²) in [5.74, 6) is -0.896. The molecule has 1 unspecified atom stereocenters. The third kappa shape index (κ3) is 2.68. The first-order valence-corrected chi connectivity index (χ1v) is 5.16. The van der Waals surface area contributed by atoms with Crippen LogP contribution >= 0.6 is 0 Å². The van der Waals surface area contributed by atoms with Gasteiger partial charge in [-0.15, -0.1) is 0 Å². The van der Waals surface area contributed by atoms with Gasteiger partial charge in [0.1, 0.15) is 5.92 Å². The Morgan fingerprint density at radius 3 is 2.50 bits per heavy atom. The van der Waals surface area contributed by atoms with Gasteiger partial charge in [-0.1, -0.05) is 13.8 Å². The normalized spacial score (nSPS) is 12.6. The summed E-state index contributed by atoms with van der Waals surface area (Å²) >= 11 is 0. The SMILES string of the molecule is CC(C)C(C(=O)O)c1ccnc(N(C)C)n1. The second kappa shape index (κ2) is 4.92. The zero-order valence-electron chi connectivity index (χ0n) is 10.0. The first-order valence-electron chi connectivity index (χ1n) is 5.16. The van der Waals surface area contributed by atoms with Crippen molar-refractivity contribution in [2.24, 2.45) is 5.92 Å². The summed E-state index contributed by atoms with van der Waals surface area (Å²) in [7, 11) is 3.65. The van der Waals surface area contributed by atoms with Gasteiger partial charge in [-0.2, -0.15) is 0 Å². The summed E-state index contributed by atoms with van der Waals surface area (Å²) in [4.78, 5) is 21.2. The number of hydrogen-bond acceptors (Lipinski definition) is 4. The first kappa shape index (κ1) is 12.4. The second-order valence-electron chi connectivity index (χ2n) is 4.24. The van der Waals surface area contributed by atoms with Gasteiger partial charge in [-0.05, 0) is 12.0 Å². The molecule has 1 aromatic heterocycles. The molecule has 0 radical (unpaired) electrons. The van der Waals surface area contributed by atoms with E-state index in [-0.39, 0.29) is 5.92 Å². The summed E-state index contributed by atoms with van der Waals surface area (Å²) in [6, 6.07) is 1.66. The van der Waals surface area contributed by atoms with Crippen LogP contribution in [0.3, 0.4) is 0 Å². The largest absolute Gasteiger partial charge is 0.481 e. The molecular weight excluding hydrogens is 206 g/mol. The third-order valence-electron chi connectivity index (χ3n) is 2.32. The van der Waals surface area contributed by atoms with E-state index in [9.17, 15) is 4.79 Å². The smallest absolute Gasteiger partial charge is 0.312 e. The van der Waals surface area contributed by atoms with E-state index in [1.54, 1.807) is 17.2 Å². The van der Waals surface area contributed by atoms with Crippen LogP contribution in [0.4, 0.5) is 5.95 Å². The first-order chi connectivity index (χ1) is 7.43. The predicted molar refractivity (Wildman–Crippen MR) is 61.6 cm³/mol. The molecule has 0 saturated carbocycles. The fourth-order valence-electron chi connectivity index (χ4n) is 1.50. The van der Waals surface area contributed by atoms with Crippen LogP contribution in [0.25, 0.3) is 0 Å². The fraction of sp³-hybridized carbons (Fsp3) is 0.545. The van der Waals surface area contributed by atoms with Gasteiger partial charge >= 0.3 is 5.97 Å². The summed E-state index contributed by atoms with van der Waals surface area (Å²) < 4.78 is 0. The Morgan fingerprint density at radius 2 is 2.06 bits per heavy atom. The van der Waals surface area contributed by atoms with Crippen molar-refractivity contribution < 1.29 is 9.90 Å². The Morgan fingerprint density at radius 1 is 1.44 bits per heavy atom. The molecule has 0 spiro atoms. The molecule has 1 N–H and O–H groups in total. The number of carboxylic acids is 1. The maximum Gasteiger partial charge on any atom is 0.312 e. The molecule has 0 aromatic carbocycles. The third-order valence-corrected chi connectivity index (χ3v) is 2.32. The Kier molecular flexibility index (Phi) is 3.82. The van der Waals surface area contributed by atoms with Crippen molar-refractivity contribution in [1.82, 2.24) is 9.97 Å². The Balaban J connectivity index is 3.10. The van der Waals surface area contributed by atoms with E-state index < -0.39 is 11.9 Å². The quantitative estimate of drug-likeness (QED) is 0.835. The van der Waals surface area contributed by atoms with E-state index in [1.807, 2.05) is 27.9 Å². The van der Waals surface area contributed by atoms with E-state index >= 15 is 0 Å². The monoisotopic (exact) mass is 223 g/mol. The lowest BCUT2D eigenvalue weighted by molar-refractivity contribution is -0.140. The summed E-state index contributed by atoms with van der Waals surface area (Å²) in [6.07, 6.45) is 1.59. The highest BCUT2D eigenvalue weighted by Gasteiger charge is 2.25. The van der Waals surface area contributed by atoms with Crippen LogP contribution in [0.5, 0.6) is 0 Å². The molecule has 0 aliphatic rings. The van der Waals surface area contributed by atoms with Crippen LogP contribution in [0.15, 0.2) is 12.3 Å². The minimum absolute atomic E-state index is 0.00223. The highest BCUT2D eigenvalue weighted by molar-refractivity contribution is 5.75. The van der Waals surface area contributed by atoms with E-state index in [0.29, 0.717) is 11.6 Å². The zero-order chi connectivity index (χ0) is 12.3. The molecule has 0 bridgehead atoms. The van der Waals surface area contributed by atoms with E-state index in [2.05, 4.69) is 9.97 Å². The van der Waals surface area contributed by atoms with Gasteiger partial charge in [0.2, 0.25) is 5.95 Å². The van der Waals surface area contributed by atoms with Crippen molar-refractivity contribution in [1.29, 1.82) is 0 Å². The van der Waals surface area contributed by atoms with Gasteiger partial charge in [0.25, 0.3) is 0 Å². The molecule has 5 heteroatoms. The van der Waals surface area contributed by atoms with Gasteiger partial charge in [0.05, 0.1) is 5.69 Å². The molecular formula is C11H17N3O2. The predicted octanol–water partition coefficient (Wildman–Crippen LogP) is 1.37. The van der Waals surface area contributed by atoms with Crippen LogP contribution in [0, 0.1) is 5.92 Å². The van der Waals surface area contributed by atoms with Crippen LogP contribution in [0.1, 0.15) is 25.5 Å². The fourth-order valence-corrected chi connectivity index (χ4v) is 1.50. The molecule has 0 fully saturated rings. The second-order valence-corrected chi connectivity index (χ2v) is 4.24. The molecule has 88 valence electrons. The van der Waals surface area contributed by atoms with Gasteiger partial charge < -0.3 is 10.0 Å². The Bertz CT molecular complexity index is 377. The number of hydrogen-bond donors (Lipinski definition) is 1. The Hall–Kier alpha value is -1.65. The van der Waals surface area contributed by atoms with Crippen molar-refractivity contribution in [3.8, 4) is 0 Å². The number of carboxylic acid groups (broad SMARTS) is 1. The highest BCUT2D eigenvalue weighted by atomic mass is 16.4. The lowest BCUT2D eigenvalue weighted by Gasteiger charge is -2.17. The van der Waals surface area contributed by atoms with Gasteiger partial charge in [-0.25, -0.2) is 9.97 Å². The van der Waals surface area contributed by atoms with Crippen LogP contribution in [-0.4, -0.2) is 35.1 Å². The molecule has 0 saturated heterocycles. The molecule has 1 rings (SSSR count). The summed E-state index contributed by atoms with van der Waals surface area (Å²) in [5.41, 5.74) is 0.557. The zero-order valence-corrected chi connectivity index (χ0v) is 10.0. The number of aromatic nitrogens is 2. The molecule has 1 atom stereocenters. The van der Waals surface area contributed by atoms with E-state index in [4.69, 9.17) is 5.11 Å². The summed E-state index contributed by atoms with van der Waals surface area (Å²) in [6.45, 7) is 3.74. The molecule has 0 aliphatic carbocycles. The van der Waals surface area contributed by atoms with Crippen LogP contribution in [-0.2, 0) is 4.79 Å². The number of aliphatic carboxylic acids is 1. The molecule has 16 heavy (non-hydrogen) atoms. The molecule has 1 aromatic rings. The molecule has 1 heterocycles. The topological polar surface area (TPSA) is 66.3 Å². The van der Waals surface area contributed by atoms with Gasteiger partial charge in [0, 0.05) is 20.3 Å². The molecule has 0 amide bonds. The van der Waals surface area contributed by atoms with Gasteiger partial charge in [-0.3, -0.25) is 4.79 Å². The number of nitrogens with zero attached hydrogens (tertiary/aromatic N) is 3. The van der Waals surface area contributed by atoms with Gasteiger partial charge in [0.15, 0.2) is 0 Å². The van der Waals surface area contributed by atoms with Crippen LogP contribution < -0.4 is 4.90 Å². The lowest BCUT2D eigenvalue weighted by atomic mass is 9.92. The molecule has 0 aliphatic heterocycles. The van der Waals surface area contributed by atoms with Crippen molar-refractivity contribution >= 4 is 11.9 Å². The average molecular weight is 223 g/mol. The van der Waals surface area contributed by atoms with E-state index in [1.165, 1.54) is 0 Å². The standard InChI is InChI=1S/C11H17N3O2/c1-7(2)9(10(15)16)8-5-6-12-11(13-8)14(3)4/h5-7,9H,1-4H3,(H,15,16). The minimum atomic E-state index is -0.849. The van der Waals surface area contributed by atoms with Crippen molar-refractivity contribution in [3.05, 3.63) is 18.0 Å². The summed E-state index contributed by atoms with van der Waals surface area (Å²) in [5, 5.41) is 9.15. The minimum Gasteiger partial charge on any atom is -0.481 e. The van der Waals surface area contributed by atoms with Crippen molar-refractivity contribution in [2.75, 3.05) is 19.0 Å². The number of rotatable bonds is 4. The van der Waals surface area contributed by atoms with Crippen LogP contribution in [0.2, 0.25) is 0 Å². The molecule has 5 nitrogen and oxygen atoms in total. The number of anilines is 1. The maximum absolute atomic E-state index is 11.1. The number of carbonyl (C=O) groups is 1. The lowest BCUT2D eigenvalue weighted by Crippen LogP contribution is -2.21. The van der Waals surface area contributed by atoms with Crippen molar-refractivity contribution in [3.63, 3.8) is 0 Å². The average Bonchev–Trinajstić information content (AvgIpc) is 2.16. The van der Waals surface area contributed by atoms with Crippen molar-refractivity contribution in [2.45, 2.75) is 19.8 Å².